The second-order valence-electron chi connectivity index (χ2n) is 5.76. The minimum atomic E-state index is -0.735. The summed E-state index contributed by atoms with van der Waals surface area (Å²) in [5.41, 5.74) is 1.47. The number of carbonyl (C=O) groups excluding carboxylic acids is 2. The first-order chi connectivity index (χ1) is 12.0. The highest BCUT2D eigenvalue weighted by molar-refractivity contribution is 7.17. The van der Waals surface area contributed by atoms with Crippen molar-refractivity contribution in [3.05, 3.63) is 45.3 Å². The van der Waals surface area contributed by atoms with Crippen LogP contribution in [0.15, 0.2) is 24.3 Å². The lowest BCUT2D eigenvalue weighted by molar-refractivity contribution is -0.122. The molecule has 1 heterocycles. The molecule has 0 spiro atoms. The Morgan fingerprint density at radius 2 is 2.12 bits per heavy atom. The van der Waals surface area contributed by atoms with E-state index in [1.807, 2.05) is 0 Å². The maximum Gasteiger partial charge on any atom is 0.341 e. The van der Waals surface area contributed by atoms with E-state index < -0.39 is 12.1 Å². The molecule has 0 aliphatic heterocycles. The molecule has 0 saturated carbocycles. The summed E-state index contributed by atoms with van der Waals surface area (Å²) in [6, 6.07) is 6.86. The maximum atomic E-state index is 12.5. The molecule has 0 radical (unpaired) electrons. The first-order valence-electron chi connectivity index (χ1n) is 7.95. The van der Waals surface area contributed by atoms with Gasteiger partial charge in [-0.15, -0.1) is 11.3 Å². The van der Waals surface area contributed by atoms with Gasteiger partial charge in [0.05, 0.1) is 12.7 Å². The van der Waals surface area contributed by atoms with Gasteiger partial charge in [-0.2, -0.15) is 0 Å². The quantitative estimate of drug-likeness (QED) is 0.795. The largest absolute Gasteiger partial charge is 0.481 e. The molecule has 1 aliphatic rings. The van der Waals surface area contributed by atoms with Crippen molar-refractivity contribution in [3.8, 4) is 5.75 Å². The van der Waals surface area contributed by atoms with Crippen molar-refractivity contribution in [2.24, 2.45) is 0 Å². The van der Waals surface area contributed by atoms with E-state index in [0.29, 0.717) is 21.3 Å². The second-order valence-corrected chi connectivity index (χ2v) is 7.30. The summed E-state index contributed by atoms with van der Waals surface area (Å²) in [5.74, 6) is -0.236. The minimum Gasteiger partial charge on any atom is -0.481 e. The highest BCUT2D eigenvalue weighted by atomic mass is 35.5. The average molecular weight is 380 g/mol. The molecular weight excluding hydrogens is 362 g/mol. The number of hydrogen-bond donors (Lipinski definition) is 1. The molecule has 3 rings (SSSR count). The van der Waals surface area contributed by atoms with Gasteiger partial charge in [-0.05, 0) is 49.9 Å². The molecule has 1 aromatic carbocycles. The Labute approximate surface area is 154 Å². The molecule has 1 N–H and O–H groups in total. The van der Waals surface area contributed by atoms with Crippen molar-refractivity contribution in [2.75, 3.05) is 12.4 Å². The summed E-state index contributed by atoms with van der Waals surface area (Å²) in [4.78, 5) is 25.7. The van der Waals surface area contributed by atoms with E-state index in [9.17, 15) is 9.59 Å². The van der Waals surface area contributed by atoms with Crippen LogP contribution in [0, 0.1) is 0 Å². The SMILES string of the molecule is COC(=O)c1c(NC(=O)C(C)Oc2cccc(Cl)c2)sc2c1CCC2. The molecule has 0 bridgehead atoms. The third-order valence-corrected chi connectivity index (χ3v) is 5.47. The van der Waals surface area contributed by atoms with Crippen LogP contribution in [0.1, 0.15) is 34.1 Å². The average Bonchev–Trinajstić information content (AvgIpc) is 3.14. The Morgan fingerprint density at radius 1 is 1.32 bits per heavy atom. The zero-order valence-electron chi connectivity index (χ0n) is 13.9. The van der Waals surface area contributed by atoms with E-state index in [1.165, 1.54) is 18.4 Å². The molecule has 132 valence electrons. The summed E-state index contributed by atoms with van der Waals surface area (Å²) in [6.45, 7) is 1.65. The first-order valence-corrected chi connectivity index (χ1v) is 9.15. The van der Waals surface area contributed by atoms with Crippen molar-refractivity contribution in [2.45, 2.75) is 32.3 Å². The molecule has 1 aliphatic carbocycles. The van der Waals surface area contributed by atoms with Gasteiger partial charge in [0.2, 0.25) is 0 Å². The maximum absolute atomic E-state index is 12.5. The van der Waals surface area contributed by atoms with Crippen LogP contribution in [-0.2, 0) is 22.4 Å². The lowest BCUT2D eigenvalue weighted by Crippen LogP contribution is -2.30. The van der Waals surface area contributed by atoms with Gasteiger partial charge >= 0.3 is 5.97 Å². The van der Waals surface area contributed by atoms with Crippen LogP contribution in [0.2, 0.25) is 5.02 Å². The molecule has 2 aromatic rings. The molecule has 1 atom stereocenters. The normalized spacial score (nSPS) is 13.9. The molecule has 25 heavy (non-hydrogen) atoms. The second kappa shape index (κ2) is 7.45. The number of methoxy groups -OCH3 is 1. The topological polar surface area (TPSA) is 64.6 Å². The number of ether oxygens (including phenoxy) is 2. The standard InChI is InChI=1S/C18H18ClNO4S/c1-10(24-12-6-3-5-11(19)9-12)16(21)20-17-15(18(22)23-2)13-7-4-8-14(13)25-17/h3,5-6,9-10H,4,7-8H2,1-2H3,(H,20,21). The van der Waals surface area contributed by atoms with Gasteiger partial charge in [-0.3, -0.25) is 4.79 Å². The summed E-state index contributed by atoms with van der Waals surface area (Å²) in [5, 5.41) is 3.88. The van der Waals surface area contributed by atoms with E-state index in [0.717, 1.165) is 29.7 Å². The van der Waals surface area contributed by atoms with Crippen molar-refractivity contribution in [3.63, 3.8) is 0 Å². The first kappa shape index (κ1) is 17.8. The third kappa shape index (κ3) is 3.80. The van der Waals surface area contributed by atoms with Crippen LogP contribution in [0.25, 0.3) is 0 Å². The van der Waals surface area contributed by atoms with Crippen LogP contribution < -0.4 is 10.1 Å². The van der Waals surface area contributed by atoms with E-state index in [1.54, 1.807) is 31.2 Å². The number of anilines is 1. The number of hydrogen-bond acceptors (Lipinski definition) is 5. The predicted molar refractivity (Wildman–Crippen MR) is 97.9 cm³/mol. The minimum absolute atomic E-state index is 0.329. The van der Waals surface area contributed by atoms with Gasteiger partial charge in [0.1, 0.15) is 10.8 Å². The van der Waals surface area contributed by atoms with Crippen molar-refractivity contribution >= 4 is 39.8 Å². The molecule has 5 nitrogen and oxygen atoms in total. The van der Waals surface area contributed by atoms with Crippen LogP contribution in [0.4, 0.5) is 5.00 Å². The van der Waals surface area contributed by atoms with Gasteiger partial charge in [0.15, 0.2) is 6.10 Å². The predicted octanol–water partition coefficient (Wildman–Crippen LogP) is 4.08. The van der Waals surface area contributed by atoms with Crippen LogP contribution in [0.3, 0.4) is 0 Å². The van der Waals surface area contributed by atoms with Crippen LogP contribution in [-0.4, -0.2) is 25.1 Å². The monoisotopic (exact) mass is 379 g/mol. The zero-order chi connectivity index (χ0) is 18.0. The van der Waals surface area contributed by atoms with E-state index >= 15 is 0 Å². The third-order valence-electron chi connectivity index (χ3n) is 4.03. The Morgan fingerprint density at radius 3 is 2.84 bits per heavy atom. The van der Waals surface area contributed by atoms with Gasteiger partial charge in [-0.25, -0.2) is 4.79 Å². The molecular formula is C18H18ClNO4S. The summed E-state index contributed by atoms with van der Waals surface area (Å²) in [7, 11) is 1.35. The number of nitrogens with one attached hydrogen (secondary N) is 1. The number of fused-ring (bicyclic) bond motifs is 1. The summed E-state index contributed by atoms with van der Waals surface area (Å²) in [6.07, 6.45) is 2.05. The van der Waals surface area contributed by atoms with E-state index in [4.69, 9.17) is 21.1 Å². The molecule has 0 saturated heterocycles. The number of rotatable bonds is 5. The number of benzene rings is 1. The lowest BCUT2D eigenvalue weighted by atomic mass is 10.1. The van der Waals surface area contributed by atoms with Crippen LogP contribution in [0.5, 0.6) is 5.75 Å². The van der Waals surface area contributed by atoms with Crippen molar-refractivity contribution < 1.29 is 19.1 Å². The summed E-state index contributed by atoms with van der Waals surface area (Å²) >= 11 is 7.36. The molecule has 0 fully saturated rings. The Kier molecular flexibility index (Phi) is 5.30. The van der Waals surface area contributed by atoms with Crippen LogP contribution >= 0.6 is 22.9 Å². The molecule has 1 unspecified atom stereocenters. The Hall–Kier alpha value is -2.05. The fraction of sp³-hybridized carbons (Fsp3) is 0.333. The van der Waals surface area contributed by atoms with Gasteiger partial charge in [0.25, 0.3) is 5.91 Å². The number of esters is 1. The Balaban J connectivity index is 1.75. The summed E-state index contributed by atoms with van der Waals surface area (Å²) < 4.78 is 10.5. The highest BCUT2D eigenvalue weighted by Gasteiger charge is 2.29. The Bertz CT molecular complexity index is 817. The fourth-order valence-electron chi connectivity index (χ4n) is 2.82. The lowest BCUT2D eigenvalue weighted by Gasteiger charge is -2.15. The zero-order valence-corrected chi connectivity index (χ0v) is 15.5. The number of amides is 1. The van der Waals surface area contributed by atoms with Crippen molar-refractivity contribution in [1.82, 2.24) is 0 Å². The number of halogens is 1. The smallest absolute Gasteiger partial charge is 0.341 e. The van der Waals surface area contributed by atoms with Crippen molar-refractivity contribution in [1.29, 1.82) is 0 Å². The highest BCUT2D eigenvalue weighted by Crippen LogP contribution is 2.39. The van der Waals surface area contributed by atoms with Gasteiger partial charge in [-0.1, -0.05) is 17.7 Å². The van der Waals surface area contributed by atoms with E-state index in [-0.39, 0.29) is 5.91 Å². The molecule has 1 amide bonds. The van der Waals surface area contributed by atoms with Gasteiger partial charge < -0.3 is 14.8 Å². The van der Waals surface area contributed by atoms with E-state index in [2.05, 4.69) is 5.32 Å². The molecule has 1 aromatic heterocycles. The number of thiophene rings is 1. The number of aryl methyl sites for hydroxylation is 1. The van der Waals surface area contributed by atoms with Gasteiger partial charge in [0, 0.05) is 9.90 Å². The number of carbonyl (C=O) groups is 2. The molecule has 7 heteroatoms. The fourth-order valence-corrected chi connectivity index (χ4v) is 4.28.